The molecular weight excluding hydrogens is 363 g/mol. The van der Waals surface area contributed by atoms with Gasteiger partial charge >= 0.3 is 0 Å². The monoisotopic (exact) mass is 386 g/mol. The van der Waals surface area contributed by atoms with Gasteiger partial charge in [0.1, 0.15) is 19.6 Å². The summed E-state index contributed by atoms with van der Waals surface area (Å²) in [4.78, 5) is 0. The number of rotatable bonds is 3. The first kappa shape index (κ1) is 17.4. The number of allylic oxidation sites excluding steroid dienone is 1. The third-order valence-corrected chi connectivity index (χ3v) is 11.6. The van der Waals surface area contributed by atoms with E-state index in [-0.39, 0.29) is 5.82 Å². The van der Waals surface area contributed by atoms with E-state index in [2.05, 4.69) is 54.6 Å². The van der Waals surface area contributed by atoms with E-state index in [1.54, 1.807) is 19.2 Å². The molecule has 0 bridgehead atoms. The van der Waals surface area contributed by atoms with Gasteiger partial charge in [0.25, 0.3) is 0 Å². The normalized spacial score (nSPS) is 20.6. The molecular formula is C25H23FOSi. The Morgan fingerprint density at radius 2 is 1.71 bits per heavy atom. The molecule has 5 rings (SSSR count). The minimum atomic E-state index is -1.98. The molecule has 0 radical (unpaired) electrons. The van der Waals surface area contributed by atoms with Crippen molar-refractivity contribution in [1.29, 1.82) is 0 Å². The van der Waals surface area contributed by atoms with E-state index in [0.717, 1.165) is 23.8 Å². The molecule has 0 fully saturated rings. The van der Waals surface area contributed by atoms with Crippen LogP contribution in [0.5, 0.6) is 5.75 Å². The summed E-state index contributed by atoms with van der Waals surface area (Å²) in [6.45, 7) is 0. The lowest BCUT2D eigenvalue weighted by Gasteiger charge is -2.36. The molecule has 2 aliphatic rings. The minimum Gasteiger partial charge on any atom is -0.497 e. The predicted octanol–water partition coefficient (Wildman–Crippen LogP) is 5.53. The second-order valence-corrected chi connectivity index (χ2v) is 12.0. The van der Waals surface area contributed by atoms with Gasteiger partial charge in [-0.3, -0.25) is 0 Å². The third-order valence-electron chi connectivity index (χ3n) is 6.41. The third kappa shape index (κ3) is 2.65. The molecule has 140 valence electrons. The number of methoxy groups -OCH3 is 1. The zero-order chi connectivity index (χ0) is 19.1. The van der Waals surface area contributed by atoms with Crippen LogP contribution < -0.4 is 9.92 Å². The molecule has 1 nitrogen and oxygen atoms in total. The van der Waals surface area contributed by atoms with E-state index in [0.29, 0.717) is 0 Å². The molecule has 2 heterocycles. The number of ether oxygens (including phenoxy) is 1. The van der Waals surface area contributed by atoms with Crippen LogP contribution in [0.15, 0.2) is 72.8 Å². The standard InChI is InChI=1S/C25H23FOSi/c1-27-21-11-13-22(14-12-21)28-15-5-8-23(18-6-3-2-4-7-18)25(28)24-16-20(26)10-9-19(24)17-28/h2-4,6-7,9-14,16H,5,8,15,17H2,1H3/t28-/m1/s1. The summed E-state index contributed by atoms with van der Waals surface area (Å²) < 4.78 is 19.6. The van der Waals surface area contributed by atoms with Gasteiger partial charge < -0.3 is 4.74 Å². The van der Waals surface area contributed by atoms with Crippen molar-refractivity contribution in [2.75, 3.05) is 7.11 Å². The van der Waals surface area contributed by atoms with Gasteiger partial charge in [0.05, 0.1) is 7.11 Å². The van der Waals surface area contributed by atoms with Crippen molar-refractivity contribution in [2.45, 2.75) is 24.9 Å². The zero-order valence-electron chi connectivity index (χ0n) is 16.0. The van der Waals surface area contributed by atoms with Crippen LogP contribution >= 0.6 is 0 Å². The van der Waals surface area contributed by atoms with Crippen LogP contribution in [0.1, 0.15) is 29.5 Å². The van der Waals surface area contributed by atoms with Crippen LogP contribution in [0.3, 0.4) is 0 Å². The van der Waals surface area contributed by atoms with Crippen molar-refractivity contribution in [3.8, 4) is 5.75 Å². The molecule has 1 atom stereocenters. The van der Waals surface area contributed by atoms with Crippen molar-refractivity contribution < 1.29 is 9.13 Å². The van der Waals surface area contributed by atoms with Crippen molar-refractivity contribution >= 4 is 24.0 Å². The fourth-order valence-corrected chi connectivity index (χ4v) is 10.7. The van der Waals surface area contributed by atoms with Crippen LogP contribution in [-0.4, -0.2) is 15.2 Å². The van der Waals surface area contributed by atoms with E-state index >= 15 is 0 Å². The van der Waals surface area contributed by atoms with Crippen molar-refractivity contribution in [3.05, 3.63) is 95.3 Å². The molecule has 2 aliphatic heterocycles. The Bertz CT molecular complexity index is 1060. The van der Waals surface area contributed by atoms with Crippen molar-refractivity contribution in [1.82, 2.24) is 0 Å². The Balaban J connectivity index is 1.78. The molecule has 0 aromatic heterocycles. The van der Waals surface area contributed by atoms with Crippen LogP contribution in [0, 0.1) is 5.82 Å². The Kier molecular flexibility index (Phi) is 4.20. The van der Waals surface area contributed by atoms with Gasteiger partial charge in [-0.1, -0.05) is 60.1 Å². The average Bonchev–Trinajstić information content (AvgIpc) is 3.09. The van der Waals surface area contributed by atoms with E-state index in [1.807, 2.05) is 6.07 Å². The molecule has 0 saturated heterocycles. The highest BCUT2D eigenvalue weighted by molar-refractivity contribution is 7.08. The zero-order valence-corrected chi connectivity index (χ0v) is 17.0. The number of fused-ring (bicyclic) bond motifs is 3. The molecule has 3 aromatic carbocycles. The van der Waals surface area contributed by atoms with Crippen molar-refractivity contribution in [2.24, 2.45) is 0 Å². The summed E-state index contributed by atoms with van der Waals surface area (Å²) >= 11 is 0. The molecule has 0 spiro atoms. The summed E-state index contributed by atoms with van der Waals surface area (Å²) in [5.74, 6) is 0.754. The lowest BCUT2D eigenvalue weighted by atomic mass is 9.96. The summed E-state index contributed by atoms with van der Waals surface area (Å²) in [6, 6.07) is 27.0. The maximum atomic E-state index is 14.3. The van der Waals surface area contributed by atoms with Gasteiger partial charge in [-0.05, 0) is 70.2 Å². The highest BCUT2D eigenvalue weighted by atomic mass is 28.3. The molecule has 3 heteroatoms. The van der Waals surface area contributed by atoms with Crippen LogP contribution in [0.4, 0.5) is 4.39 Å². The van der Waals surface area contributed by atoms with Gasteiger partial charge in [-0.25, -0.2) is 4.39 Å². The summed E-state index contributed by atoms with van der Waals surface area (Å²) in [7, 11) is -0.270. The smallest absolute Gasteiger partial charge is 0.123 e. The van der Waals surface area contributed by atoms with Crippen LogP contribution in [0.2, 0.25) is 6.04 Å². The molecule has 0 N–H and O–H groups in total. The first-order valence-electron chi connectivity index (χ1n) is 9.94. The average molecular weight is 387 g/mol. The highest BCUT2D eigenvalue weighted by Gasteiger charge is 2.48. The Labute approximate surface area is 166 Å². The maximum absolute atomic E-state index is 14.3. The number of hydrogen-bond donors (Lipinski definition) is 0. The largest absolute Gasteiger partial charge is 0.497 e. The van der Waals surface area contributed by atoms with E-state index < -0.39 is 8.07 Å². The summed E-state index contributed by atoms with van der Waals surface area (Å²) in [5.41, 5.74) is 5.19. The first-order valence-corrected chi connectivity index (χ1v) is 12.3. The summed E-state index contributed by atoms with van der Waals surface area (Å²) in [6.07, 6.45) is 2.27. The number of hydrogen-bond acceptors (Lipinski definition) is 1. The second kappa shape index (κ2) is 6.75. The van der Waals surface area contributed by atoms with Gasteiger partial charge in [0.2, 0.25) is 0 Å². The van der Waals surface area contributed by atoms with Crippen LogP contribution in [-0.2, 0) is 6.04 Å². The lowest BCUT2D eigenvalue weighted by Crippen LogP contribution is -2.50. The Hall–Kier alpha value is -2.65. The van der Waals surface area contributed by atoms with Gasteiger partial charge in [-0.15, -0.1) is 0 Å². The van der Waals surface area contributed by atoms with Gasteiger partial charge in [-0.2, -0.15) is 0 Å². The molecule has 28 heavy (non-hydrogen) atoms. The molecule has 0 amide bonds. The topological polar surface area (TPSA) is 9.23 Å². The first-order chi connectivity index (χ1) is 13.7. The molecule has 0 unspecified atom stereocenters. The van der Waals surface area contributed by atoms with E-state index in [4.69, 9.17) is 4.74 Å². The number of benzene rings is 3. The predicted molar refractivity (Wildman–Crippen MR) is 116 cm³/mol. The van der Waals surface area contributed by atoms with Crippen LogP contribution in [0.25, 0.3) is 10.8 Å². The van der Waals surface area contributed by atoms with E-state index in [1.165, 1.54) is 39.5 Å². The van der Waals surface area contributed by atoms with E-state index in [9.17, 15) is 4.39 Å². The Morgan fingerprint density at radius 1 is 0.929 bits per heavy atom. The highest BCUT2D eigenvalue weighted by Crippen LogP contribution is 2.50. The summed E-state index contributed by atoms with van der Waals surface area (Å²) in [5, 5.41) is 2.90. The minimum absolute atomic E-state index is 0.135. The van der Waals surface area contributed by atoms with Gasteiger partial charge in [0.15, 0.2) is 0 Å². The maximum Gasteiger partial charge on any atom is 0.123 e. The molecule has 0 aliphatic carbocycles. The molecule has 0 saturated carbocycles. The van der Waals surface area contributed by atoms with Gasteiger partial charge in [0, 0.05) is 0 Å². The quantitative estimate of drug-likeness (QED) is 0.538. The fraction of sp³-hybridized carbons (Fsp3) is 0.200. The fourth-order valence-electron chi connectivity index (χ4n) is 5.19. The second-order valence-electron chi connectivity index (χ2n) is 7.86. The SMILES string of the molecule is COc1ccc([Si@]23CCCC(c4ccccc4)=C2c2cc(F)ccc2C3)cc1. The number of halogens is 1. The lowest BCUT2D eigenvalue weighted by molar-refractivity contribution is 0.415. The molecule has 3 aromatic rings. The Morgan fingerprint density at radius 3 is 2.46 bits per heavy atom. The van der Waals surface area contributed by atoms with Crippen molar-refractivity contribution in [3.63, 3.8) is 0 Å².